The van der Waals surface area contributed by atoms with E-state index in [1.165, 1.54) is 4.90 Å². The summed E-state index contributed by atoms with van der Waals surface area (Å²) in [4.78, 5) is 18.3. The Balaban J connectivity index is 1.90. The quantitative estimate of drug-likeness (QED) is 0.695. The molecule has 0 fully saturated rings. The second-order valence-corrected chi connectivity index (χ2v) is 5.97. The zero-order chi connectivity index (χ0) is 15.9. The number of hydrogen-bond donors (Lipinski definition) is 0. The van der Waals surface area contributed by atoms with Crippen molar-refractivity contribution in [3.05, 3.63) is 45.5 Å². The van der Waals surface area contributed by atoms with Crippen LogP contribution in [0.3, 0.4) is 0 Å². The van der Waals surface area contributed by atoms with Crippen molar-refractivity contribution in [3.8, 4) is 0 Å². The maximum atomic E-state index is 12.6. The molecule has 0 spiro atoms. The van der Waals surface area contributed by atoms with Gasteiger partial charge in [0.15, 0.2) is 11.3 Å². The molecule has 0 radical (unpaired) electrons. The van der Waals surface area contributed by atoms with Crippen LogP contribution < -0.4 is 0 Å². The fraction of sp³-hybridized carbons (Fsp3) is 0.231. The minimum Gasteiger partial charge on any atom is -0.334 e. The first-order valence-electron chi connectivity index (χ1n) is 6.39. The lowest BCUT2D eigenvalue weighted by atomic mass is 10.3. The number of carbonyl (C=O) groups is 1. The van der Waals surface area contributed by atoms with Gasteiger partial charge in [-0.3, -0.25) is 9.48 Å². The van der Waals surface area contributed by atoms with E-state index in [9.17, 15) is 4.79 Å². The lowest BCUT2D eigenvalue weighted by molar-refractivity contribution is 0.0775. The largest absolute Gasteiger partial charge is 0.334 e. The van der Waals surface area contributed by atoms with Gasteiger partial charge < -0.3 is 4.90 Å². The molecule has 0 aromatic carbocycles. The number of rotatable bonds is 3. The molecule has 3 heterocycles. The van der Waals surface area contributed by atoms with Crippen LogP contribution in [-0.4, -0.2) is 42.2 Å². The van der Waals surface area contributed by atoms with Crippen molar-refractivity contribution in [2.45, 2.75) is 6.54 Å². The molecule has 0 aliphatic heterocycles. The number of fused-ring (bicyclic) bond motifs is 1. The highest BCUT2D eigenvalue weighted by atomic mass is 79.9. The third kappa shape index (κ3) is 2.48. The molecule has 7 nitrogen and oxygen atoms in total. The molecule has 0 unspecified atom stereocenters. The Hall–Kier alpha value is -1.93. The Morgan fingerprint density at radius 1 is 1.50 bits per heavy atom. The number of nitrogens with zero attached hydrogens (tertiary/aromatic N) is 6. The van der Waals surface area contributed by atoms with E-state index in [2.05, 4.69) is 31.1 Å². The average molecular weight is 384 g/mol. The molecule has 0 aliphatic carbocycles. The fourth-order valence-corrected chi connectivity index (χ4v) is 2.85. The normalized spacial score (nSPS) is 11.1. The Bertz CT molecular complexity index is 838. The van der Waals surface area contributed by atoms with E-state index in [1.807, 2.05) is 0 Å². The molecule has 22 heavy (non-hydrogen) atoms. The molecule has 0 atom stereocenters. The van der Waals surface area contributed by atoms with Gasteiger partial charge in [0.25, 0.3) is 5.91 Å². The van der Waals surface area contributed by atoms with E-state index in [0.29, 0.717) is 27.4 Å². The van der Waals surface area contributed by atoms with Gasteiger partial charge in [-0.05, 0) is 22.0 Å². The molecule has 0 saturated carbocycles. The second kappa shape index (κ2) is 5.69. The first-order valence-corrected chi connectivity index (χ1v) is 7.57. The molecule has 0 bridgehead atoms. The molecule has 0 aliphatic rings. The van der Waals surface area contributed by atoms with Crippen LogP contribution in [0.1, 0.15) is 16.2 Å². The first-order chi connectivity index (χ1) is 10.5. The van der Waals surface area contributed by atoms with Crippen LogP contribution in [-0.2, 0) is 13.6 Å². The number of aromatic nitrogens is 5. The number of carbonyl (C=O) groups excluding carboxylic acids is 1. The predicted molar refractivity (Wildman–Crippen MR) is 84.7 cm³/mol. The topological polar surface area (TPSA) is 68.3 Å². The molecule has 0 saturated heterocycles. The van der Waals surface area contributed by atoms with Gasteiger partial charge in [-0.2, -0.15) is 10.2 Å². The molecular weight excluding hydrogens is 372 g/mol. The van der Waals surface area contributed by atoms with Gasteiger partial charge in [-0.25, -0.2) is 9.50 Å². The number of aryl methyl sites for hydroxylation is 1. The van der Waals surface area contributed by atoms with Crippen LogP contribution >= 0.6 is 27.5 Å². The summed E-state index contributed by atoms with van der Waals surface area (Å²) in [5.41, 5.74) is 1.66. The molecule has 3 aromatic heterocycles. The van der Waals surface area contributed by atoms with Crippen LogP contribution in [0, 0.1) is 0 Å². The van der Waals surface area contributed by atoms with Crippen LogP contribution in [0.5, 0.6) is 0 Å². The summed E-state index contributed by atoms with van der Waals surface area (Å²) in [5, 5.41) is 8.86. The van der Waals surface area contributed by atoms with Crippen LogP contribution in [0.2, 0.25) is 5.02 Å². The third-order valence-corrected chi connectivity index (χ3v) is 4.33. The highest BCUT2D eigenvalue weighted by Gasteiger charge is 2.23. The van der Waals surface area contributed by atoms with E-state index in [1.54, 1.807) is 47.9 Å². The summed E-state index contributed by atoms with van der Waals surface area (Å²) in [7, 11) is 3.47. The first kappa shape index (κ1) is 15.0. The van der Waals surface area contributed by atoms with E-state index >= 15 is 0 Å². The Kier molecular flexibility index (Phi) is 3.88. The highest BCUT2D eigenvalue weighted by molar-refractivity contribution is 9.10. The smallest absolute Gasteiger partial charge is 0.275 e. The minimum absolute atomic E-state index is 0.227. The molecule has 1 amide bonds. The summed E-state index contributed by atoms with van der Waals surface area (Å²) in [6.07, 6.45) is 4.94. The summed E-state index contributed by atoms with van der Waals surface area (Å²) in [5.74, 6) is -0.227. The summed E-state index contributed by atoms with van der Waals surface area (Å²) < 4.78 is 3.77. The zero-order valence-corrected chi connectivity index (χ0v) is 14.2. The zero-order valence-electron chi connectivity index (χ0n) is 11.9. The molecule has 3 rings (SSSR count). The van der Waals surface area contributed by atoms with Crippen molar-refractivity contribution in [1.29, 1.82) is 0 Å². The Morgan fingerprint density at radius 3 is 2.91 bits per heavy atom. The highest BCUT2D eigenvalue weighted by Crippen LogP contribution is 2.23. The minimum atomic E-state index is -0.227. The predicted octanol–water partition coefficient (Wildman–Crippen LogP) is 2.15. The van der Waals surface area contributed by atoms with Gasteiger partial charge in [0.2, 0.25) is 0 Å². The number of halogens is 2. The fourth-order valence-electron chi connectivity index (χ4n) is 2.09. The second-order valence-electron chi connectivity index (χ2n) is 4.77. The van der Waals surface area contributed by atoms with Gasteiger partial charge in [0.1, 0.15) is 0 Å². The lowest BCUT2D eigenvalue weighted by Gasteiger charge is -2.16. The van der Waals surface area contributed by atoms with Crippen LogP contribution in [0.25, 0.3) is 5.65 Å². The molecule has 9 heteroatoms. The van der Waals surface area contributed by atoms with E-state index < -0.39 is 0 Å². The SMILES string of the molecule is CN(Cc1c(Cl)cnn1C)C(=O)c1nn2cccnc2c1Br. The maximum Gasteiger partial charge on any atom is 0.275 e. The monoisotopic (exact) mass is 382 g/mol. The van der Waals surface area contributed by atoms with Crippen LogP contribution in [0.4, 0.5) is 0 Å². The third-order valence-electron chi connectivity index (χ3n) is 3.29. The van der Waals surface area contributed by atoms with Gasteiger partial charge in [0.05, 0.1) is 27.9 Å². The van der Waals surface area contributed by atoms with E-state index in [0.717, 1.165) is 5.69 Å². The standard InChI is InChI=1S/C13H12BrClN6O/c1-19(7-9-8(15)6-17-20(9)2)13(22)11-10(14)12-16-4-3-5-21(12)18-11/h3-6H,7H2,1-2H3. The van der Waals surface area contributed by atoms with E-state index in [4.69, 9.17) is 11.6 Å². The molecular formula is C13H12BrClN6O. The van der Waals surface area contributed by atoms with Gasteiger partial charge in [-0.15, -0.1) is 0 Å². The van der Waals surface area contributed by atoms with Gasteiger partial charge in [-0.1, -0.05) is 11.6 Å². The van der Waals surface area contributed by atoms with Crippen molar-refractivity contribution < 1.29 is 4.79 Å². The summed E-state index contributed by atoms with van der Waals surface area (Å²) >= 11 is 9.47. The van der Waals surface area contributed by atoms with Crippen LogP contribution in [0.15, 0.2) is 29.1 Å². The van der Waals surface area contributed by atoms with E-state index in [-0.39, 0.29) is 5.91 Å². The van der Waals surface area contributed by atoms with Crippen molar-refractivity contribution in [3.63, 3.8) is 0 Å². The summed E-state index contributed by atoms with van der Waals surface area (Å²) in [6.45, 7) is 0.335. The van der Waals surface area contributed by atoms with Crippen molar-refractivity contribution >= 4 is 39.1 Å². The van der Waals surface area contributed by atoms with Crippen molar-refractivity contribution in [2.75, 3.05) is 7.05 Å². The van der Waals surface area contributed by atoms with Crippen molar-refractivity contribution in [1.82, 2.24) is 29.3 Å². The average Bonchev–Trinajstić information content (AvgIpc) is 3.01. The molecule has 0 N–H and O–H groups in total. The summed E-state index contributed by atoms with van der Waals surface area (Å²) in [6, 6.07) is 1.75. The molecule has 3 aromatic rings. The maximum absolute atomic E-state index is 12.6. The van der Waals surface area contributed by atoms with Gasteiger partial charge >= 0.3 is 0 Å². The Morgan fingerprint density at radius 2 is 2.27 bits per heavy atom. The lowest BCUT2D eigenvalue weighted by Crippen LogP contribution is -2.28. The Labute approximate surface area is 139 Å². The number of amides is 1. The van der Waals surface area contributed by atoms with Crippen molar-refractivity contribution in [2.24, 2.45) is 7.05 Å². The number of hydrogen-bond acceptors (Lipinski definition) is 4. The molecule has 114 valence electrons. The van der Waals surface area contributed by atoms with Gasteiger partial charge in [0, 0.05) is 26.5 Å².